The highest BCUT2D eigenvalue weighted by Crippen LogP contribution is 2.40. The number of hydrogen-bond donors (Lipinski definition) is 0. The zero-order valence-corrected chi connectivity index (χ0v) is 39.2. The minimum absolute atomic E-state index is 0.620. The van der Waals surface area contributed by atoms with Crippen molar-refractivity contribution in [2.75, 3.05) is 0 Å². The van der Waals surface area contributed by atoms with E-state index in [-0.39, 0.29) is 0 Å². The van der Waals surface area contributed by atoms with E-state index in [1.165, 1.54) is 65.6 Å². The molecular formula is C65H50N4. The number of nitrogens with zero attached hydrogens (tertiary/aromatic N) is 4. The molecule has 330 valence electrons. The van der Waals surface area contributed by atoms with Gasteiger partial charge >= 0.3 is 0 Å². The van der Waals surface area contributed by atoms with Crippen molar-refractivity contribution in [1.29, 1.82) is 5.26 Å². The standard InChI is InChI=1S/C55H34N4.C8H10.C2H6/c56-35-36-29-40(39-25-28-54-49(34-39)45-18-8-11-21-51(45)58(54)42-15-5-2-6-16-42)31-43(30-36)59-52-22-12-9-19-46(52)48-33-38(24-27-55(48)59)37-23-26-53-47(32-37)44-17-7-10-20-50(44)57(53)41-13-3-1-4-14-41;1-7-5-3-4-6-8(7)2;1-2/h1-34H;3-6H,1-2H3;1-2H3. The molecule has 0 radical (unpaired) electrons. The molecule has 0 spiro atoms. The van der Waals surface area contributed by atoms with Gasteiger partial charge in [-0.25, -0.2) is 0 Å². The van der Waals surface area contributed by atoms with Gasteiger partial charge in [0.2, 0.25) is 0 Å². The van der Waals surface area contributed by atoms with E-state index in [1.807, 2.05) is 26.0 Å². The number of nitriles is 1. The smallest absolute Gasteiger partial charge is 0.0992 e. The molecule has 0 aliphatic rings. The van der Waals surface area contributed by atoms with Crippen LogP contribution in [0.1, 0.15) is 30.5 Å². The van der Waals surface area contributed by atoms with E-state index in [0.717, 1.165) is 50.3 Å². The summed E-state index contributed by atoms with van der Waals surface area (Å²) in [4.78, 5) is 0. The fourth-order valence-electron chi connectivity index (χ4n) is 10.1. The quantitative estimate of drug-likeness (QED) is 0.170. The molecule has 0 saturated carbocycles. The summed E-state index contributed by atoms with van der Waals surface area (Å²) in [5.41, 5.74) is 17.9. The van der Waals surface area contributed by atoms with Crippen LogP contribution in [0, 0.1) is 25.2 Å². The zero-order valence-electron chi connectivity index (χ0n) is 39.2. The number of aryl methyl sites for hydroxylation is 2. The summed E-state index contributed by atoms with van der Waals surface area (Å²) in [7, 11) is 0. The van der Waals surface area contributed by atoms with E-state index < -0.39 is 0 Å². The second-order valence-electron chi connectivity index (χ2n) is 17.4. The van der Waals surface area contributed by atoms with Crippen molar-refractivity contribution in [1.82, 2.24) is 13.7 Å². The number of aromatic nitrogens is 3. The van der Waals surface area contributed by atoms with E-state index >= 15 is 0 Å². The molecule has 0 aliphatic carbocycles. The lowest BCUT2D eigenvalue weighted by molar-refractivity contribution is 1.18. The van der Waals surface area contributed by atoms with Gasteiger partial charge in [-0.05, 0) is 144 Å². The van der Waals surface area contributed by atoms with E-state index in [4.69, 9.17) is 0 Å². The Labute approximate surface area is 402 Å². The molecule has 69 heavy (non-hydrogen) atoms. The molecule has 0 amide bonds. The largest absolute Gasteiger partial charge is 0.309 e. The highest BCUT2D eigenvalue weighted by molar-refractivity contribution is 6.13. The maximum Gasteiger partial charge on any atom is 0.0992 e. The molecular weight excluding hydrogens is 837 g/mol. The van der Waals surface area contributed by atoms with Crippen molar-refractivity contribution in [2.24, 2.45) is 0 Å². The fourth-order valence-corrected chi connectivity index (χ4v) is 10.1. The molecule has 0 bridgehead atoms. The Morgan fingerprint density at radius 3 is 1.01 bits per heavy atom. The summed E-state index contributed by atoms with van der Waals surface area (Å²) < 4.78 is 7.00. The van der Waals surface area contributed by atoms with Gasteiger partial charge in [0.25, 0.3) is 0 Å². The van der Waals surface area contributed by atoms with Crippen LogP contribution < -0.4 is 0 Å². The predicted octanol–water partition coefficient (Wildman–Crippen LogP) is 17.5. The van der Waals surface area contributed by atoms with Crippen LogP contribution in [-0.4, -0.2) is 13.7 Å². The summed E-state index contributed by atoms with van der Waals surface area (Å²) in [6.07, 6.45) is 0. The number of rotatable bonds is 5. The van der Waals surface area contributed by atoms with Crippen LogP contribution in [0.4, 0.5) is 0 Å². The lowest BCUT2D eigenvalue weighted by atomic mass is 9.99. The number of hydrogen-bond acceptors (Lipinski definition) is 1. The van der Waals surface area contributed by atoms with Gasteiger partial charge in [0, 0.05) is 49.4 Å². The predicted molar refractivity (Wildman–Crippen MR) is 292 cm³/mol. The third kappa shape index (κ3) is 7.51. The molecule has 10 aromatic carbocycles. The van der Waals surface area contributed by atoms with Crippen molar-refractivity contribution in [3.05, 3.63) is 247 Å². The van der Waals surface area contributed by atoms with Crippen LogP contribution in [0.25, 0.3) is 105 Å². The summed E-state index contributed by atoms with van der Waals surface area (Å²) in [5.74, 6) is 0. The van der Waals surface area contributed by atoms with Crippen molar-refractivity contribution in [3.63, 3.8) is 0 Å². The normalized spacial score (nSPS) is 11.2. The molecule has 0 saturated heterocycles. The minimum atomic E-state index is 0.620. The van der Waals surface area contributed by atoms with E-state index in [0.29, 0.717) is 5.56 Å². The fraction of sp³-hybridized carbons (Fsp3) is 0.0615. The second-order valence-corrected chi connectivity index (χ2v) is 17.4. The van der Waals surface area contributed by atoms with Crippen LogP contribution in [-0.2, 0) is 0 Å². The van der Waals surface area contributed by atoms with Gasteiger partial charge in [-0.1, -0.05) is 147 Å². The Bertz CT molecular complexity index is 4050. The highest BCUT2D eigenvalue weighted by Gasteiger charge is 2.18. The molecule has 0 unspecified atom stereocenters. The summed E-state index contributed by atoms with van der Waals surface area (Å²) in [6.45, 7) is 8.24. The Morgan fingerprint density at radius 1 is 0.290 bits per heavy atom. The van der Waals surface area contributed by atoms with Gasteiger partial charge in [0.15, 0.2) is 0 Å². The van der Waals surface area contributed by atoms with Crippen LogP contribution in [0.15, 0.2) is 231 Å². The number of benzene rings is 10. The molecule has 0 N–H and O–H groups in total. The average molecular weight is 887 g/mol. The second kappa shape index (κ2) is 18.1. The van der Waals surface area contributed by atoms with Crippen molar-refractivity contribution in [2.45, 2.75) is 27.7 Å². The lowest BCUT2D eigenvalue weighted by Gasteiger charge is -2.12. The van der Waals surface area contributed by atoms with Gasteiger partial charge in [0.1, 0.15) is 0 Å². The molecule has 0 atom stereocenters. The summed E-state index contributed by atoms with van der Waals surface area (Å²) >= 11 is 0. The van der Waals surface area contributed by atoms with Gasteiger partial charge in [-0.3, -0.25) is 0 Å². The lowest BCUT2D eigenvalue weighted by Crippen LogP contribution is -1.96. The molecule has 13 rings (SSSR count). The number of fused-ring (bicyclic) bond motifs is 9. The van der Waals surface area contributed by atoms with Crippen molar-refractivity contribution >= 4 is 65.4 Å². The molecule has 0 aliphatic heterocycles. The Hall–Kier alpha value is -8.91. The van der Waals surface area contributed by atoms with Crippen molar-refractivity contribution < 1.29 is 0 Å². The highest BCUT2D eigenvalue weighted by atomic mass is 15.0. The first kappa shape index (κ1) is 42.7. The van der Waals surface area contributed by atoms with Crippen LogP contribution in [0.5, 0.6) is 0 Å². The molecule has 3 aromatic heterocycles. The van der Waals surface area contributed by atoms with Crippen LogP contribution >= 0.6 is 0 Å². The monoisotopic (exact) mass is 886 g/mol. The SMILES string of the molecule is CC.Cc1ccccc1C.N#Cc1cc(-c2ccc3c(c2)c2ccccc2n3-c2ccccc2)cc(-n2c3ccccc3c3cc(-c4ccc5c(c4)c4ccccc4n5-c4ccccc4)ccc32)c1. The molecule has 4 heteroatoms. The van der Waals surface area contributed by atoms with E-state index in [2.05, 4.69) is 252 Å². The maximum absolute atomic E-state index is 10.4. The van der Waals surface area contributed by atoms with Gasteiger partial charge in [-0.2, -0.15) is 5.26 Å². The Morgan fingerprint density at radius 2 is 0.623 bits per heavy atom. The average Bonchev–Trinajstić information content (AvgIpc) is 4.05. The first-order valence-electron chi connectivity index (χ1n) is 23.8. The molecule has 4 nitrogen and oxygen atoms in total. The van der Waals surface area contributed by atoms with E-state index in [1.54, 1.807) is 0 Å². The Balaban J connectivity index is 0.000000470. The van der Waals surface area contributed by atoms with Gasteiger partial charge in [-0.15, -0.1) is 0 Å². The van der Waals surface area contributed by atoms with E-state index in [9.17, 15) is 5.26 Å². The topological polar surface area (TPSA) is 38.6 Å². The molecule has 3 heterocycles. The first-order valence-corrected chi connectivity index (χ1v) is 23.8. The van der Waals surface area contributed by atoms with Gasteiger partial charge in [0.05, 0.1) is 44.7 Å². The van der Waals surface area contributed by atoms with Crippen LogP contribution in [0.2, 0.25) is 0 Å². The third-order valence-corrected chi connectivity index (χ3v) is 13.4. The summed E-state index contributed by atoms with van der Waals surface area (Å²) in [5, 5.41) is 17.6. The van der Waals surface area contributed by atoms with Crippen LogP contribution in [0.3, 0.4) is 0 Å². The molecule has 13 aromatic rings. The minimum Gasteiger partial charge on any atom is -0.309 e. The Kier molecular flexibility index (Phi) is 11.2. The summed E-state index contributed by atoms with van der Waals surface area (Å²) in [6, 6.07) is 84.4. The van der Waals surface area contributed by atoms with Crippen molar-refractivity contribution in [3.8, 4) is 45.4 Å². The zero-order chi connectivity index (χ0) is 47.0. The van der Waals surface area contributed by atoms with Gasteiger partial charge < -0.3 is 13.7 Å². The maximum atomic E-state index is 10.4. The first-order chi connectivity index (χ1) is 34.0. The number of para-hydroxylation sites is 5. The molecule has 0 fully saturated rings. The third-order valence-electron chi connectivity index (χ3n) is 13.4.